The van der Waals surface area contributed by atoms with Crippen molar-refractivity contribution in [3.8, 4) is 34.3 Å². The minimum atomic E-state index is -0.0738. The van der Waals surface area contributed by atoms with Crippen LogP contribution in [-0.4, -0.2) is 21.7 Å². The first-order valence-corrected chi connectivity index (χ1v) is 11.6. The Hall–Kier alpha value is -3.88. The summed E-state index contributed by atoms with van der Waals surface area (Å²) >= 11 is 0. The standard InChI is InChI=1S/C29H29N5/c1-29(2,3)19-30-16-20-9-11-22(12-10-20)28-24(21-7-5-4-6-8-21)15-25-26(34-28)13-14-31-27(25)23-17-32-33-18-23/h4-12,15,17-18,27,30-31H,16,19H2,1-3H3,(H,32,33). The van der Waals surface area contributed by atoms with Gasteiger partial charge in [0, 0.05) is 47.6 Å². The van der Waals surface area contributed by atoms with Crippen LogP contribution in [0.2, 0.25) is 0 Å². The highest BCUT2D eigenvalue weighted by Crippen LogP contribution is 2.36. The summed E-state index contributed by atoms with van der Waals surface area (Å²) in [7, 11) is 0. The molecule has 0 amide bonds. The smallest absolute Gasteiger partial charge is 0.121 e. The van der Waals surface area contributed by atoms with Crippen molar-refractivity contribution in [1.82, 2.24) is 25.8 Å². The van der Waals surface area contributed by atoms with Gasteiger partial charge in [0.05, 0.1) is 17.9 Å². The van der Waals surface area contributed by atoms with E-state index < -0.39 is 0 Å². The van der Waals surface area contributed by atoms with E-state index in [1.807, 2.05) is 18.5 Å². The van der Waals surface area contributed by atoms with E-state index in [9.17, 15) is 0 Å². The Morgan fingerprint density at radius 1 is 1.00 bits per heavy atom. The van der Waals surface area contributed by atoms with E-state index in [2.05, 4.69) is 108 Å². The Morgan fingerprint density at radius 2 is 1.79 bits per heavy atom. The highest BCUT2D eigenvalue weighted by atomic mass is 15.1. The number of hydrogen-bond acceptors (Lipinski definition) is 4. The number of hydrogen-bond donors (Lipinski definition) is 3. The number of nitrogens with zero attached hydrogens (tertiary/aromatic N) is 2. The van der Waals surface area contributed by atoms with Gasteiger partial charge < -0.3 is 10.6 Å². The van der Waals surface area contributed by atoms with Gasteiger partial charge in [-0.25, -0.2) is 4.98 Å². The summed E-state index contributed by atoms with van der Waals surface area (Å²) in [5.74, 6) is 3.18. The summed E-state index contributed by atoms with van der Waals surface area (Å²) < 4.78 is 0. The van der Waals surface area contributed by atoms with Crippen LogP contribution in [0.4, 0.5) is 0 Å². The minimum Gasteiger partial charge on any atom is -0.334 e. The SMILES string of the molecule is CC(C)(C)CNCc1ccc(-c2nc3c(cc2-c2ccccc2)C(c2cn[nH]c2)NC#C3)cc1. The van der Waals surface area contributed by atoms with Crippen molar-refractivity contribution in [3.63, 3.8) is 0 Å². The largest absolute Gasteiger partial charge is 0.334 e. The second-order valence-electron chi connectivity index (χ2n) is 9.91. The third kappa shape index (κ3) is 4.73. The van der Waals surface area contributed by atoms with Crippen LogP contribution in [0, 0.1) is 17.4 Å². The van der Waals surface area contributed by atoms with Crippen LogP contribution < -0.4 is 10.6 Å². The highest BCUT2D eigenvalue weighted by Gasteiger charge is 2.24. The molecule has 1 aliphatic rings. The fraction of sp³-hybridized carbons (Fsp3) is 0.241. The second-order valence-corrected chi connectivity index (χ2v) is 9.91. The molecule has 0 aliphatic carbocycles. The highest BCUT2D eigenvalue weighted by molar-refractivity contribution is 5.82. The Bertz CT molecular complexity index is 1320. The molecular formula is C29H29N5. The molecule has 0 spiro atoms. The number of aromatic amines is 1. The Morgan fingerprint density at radius 3 is 2.50 bits per heavy atom. The Balaban J connectivity index is 1.53. The van der Waals surface area contributed by atoms with Gasteiger partial charge in [-0.1, -0.05) is 75.4 Å². The van der Waals surface area contributed by atoms with Gasteiger partial charge in [-0.05, 0) is 28.5 Å². The first-order valence-electron chi connectivity index (χ1n) is 11.6. The monoisotopic (exact) mass is 447 g/mol. The average molecular weight is 448 g/mol. The zero-order chi connectivity index (χ0) is 23.5. The third-order valence-corrected chi connectivity index (χ3v) is 5.91. The molecule has 0 fully saturated rings. The lowest BCUT2D eigenvalue weighted by Gasteiger charge is -2.22. The van der Waals surface area contributed by atoms with Crippen molar-refractivity contribution in [2.75, 3.05) is 6.54 Å². The second kappa shape index (κ2) is 9.17. The first-order chi connectivity index (χ1) is 16.5. The van der Waals surface area contributed by atoms with Crippen molar-refractivity contribution in [2.45, 2.75) is 33.4 Å². The number of aromatic nitrogens is 3. The lowest BCUT2D eigenvalue weighted by Crippen LogP contribution is -2.26. The van der Waals surface area contributed by atoms with Crippen molar-refractivity contribution in [1.29, 1.82) is 0 Å². The predicted octanol–water partition coefficient (Wildman–Crippen LogP) is 5.28. The van der Waals surface area contributed by atoms with Crippen molar-refractivity contribution < 1.29 is 0 Å². The zero-order valence-electron chi connectivity index (χ0n) is 19.8. The maximum atomic E-state index is 5.08. The molecule has 5 heteroatoms. The van der Waals surface area contributed by atoms with E-state index in [1.165, 1.54) is 5.56 Å². The molecule has 1 unspecified atom stereocenters. The quantitative estimate of drug-likeness (QED) is 0.352. The van der Waals surface area contributed by atoms with Crippen LogP contribution in [0.1, 0.15) is 49.2 Å². The fourth-order valence-electron chi connectivity index (χ4n) is 4.20. The van der Waals surface area contributed by atoms with Crippen LogP contribution in [0.5, 0.6) is 0 Å². The molecule has 1 atom stereocenters. The summed E-state index contributed by atoms with van der Waals surface area (Å²) in [5, 5.41) is 13.9. The number of pyridine rings is 1. The predicted molar refractivity (Wildman–Crippen MR) is 137 cm³/mol. The first kappa shape index (κ1) is 21.9. The van der Waals surface area contributed by atoms with E-state index >= 15 is 0 Å². The van der Waals surface area contributed by atoms with Gasteiger partial charge in [0.2, 0.25) is 0 Å². The molecule has 34 heavy (non-hydrogen) atoms. The molecule has 3 N–H and O–H groups in total. The van der Waals surface area contributed by atoms with Gasteiger partial charge >= 0.3 is 0 Å². The Kier molecular flexibility index (Phi) is 5.91. The van der Waals surface area contributed by atoms with Crippen LogP contribution in [0.3, 0.4) is 0 Å². The van der Waals surface area contributed by atoms with E-state index in [0.717, 1.165) is 52.3 Å². The molecule has 3 heterocycles. The molecule has 5 nitrogen and oxygen atoms in total. The van der Waals surface area contributed by atoms with Crippen molar-refractivity contribution in [2.24, 2.45) is 5.41 Å². The van der Waals surface area contributed by atoms with Crippen LogP contribution >= 0.6 is 0 Å². The topological polar surface area (TPSA) is 65.6 Å². The van der Waals surface area contributed by atoms with Gasteiger partial charge in [-0.2, -0.15) is 5.10 Å². The van der Waals surface area contributed by atoms with E-state index in [1.54, 1.807) is 0 Å². The maximum absolute atomic E-state index is 5.08. The van der Waals surface area contributed by atoms with Crippen LogP contribution in [0.25, 0.3) is 22.4 Å². The maximum Gasteiger partial charge on any atom is 0.121 e. The molecular weight excluding hydrogens is 418 g/mol. The molecule has 0 saturated carbocycles. The number of H-pyrrole nitrogens is 1. The molecule has 4 aromatic rings. The molecule has 5 rings (SSSR count). The summed E-state index contributed by atoms with van der Waals surface area (Å²) in [6, 6.07) is 24.3. The minimum absolute atomic E-state index is 0.0738. The molecule has 2 aromatic heterocycles. The third-order valence-electron chi connectivity index (χ3n) is 5.91. The average Bonchev–Trinajstić information content (AvgIpc) is 3.38. The van der Waals surface area contributed by atoms with Crippen LogP contribution in [-0.2, 0) is 6.54 Å². The van der Waals surface area contributed by atoms with Gasteiger partial charge in [-0.15, -0.1) is 0 Å². The molecule has 1 aliphatic heterocycles. The molecule has 170 valence electrons. The lowest BCUT2D eigenvalue weighted by molar-refractivity contribution is 0.379. The van der Waals surface area contributed by atoms with E-state index in [-0.39, 0.29) is 11.5 Å². The van der Waals surface area contributed by atoms with Gasteiger partial charge in [0.15, 0.2) is 0 Å². The van der Waals surface area contributed by atoms with Crippen LogP contribution in [0.15, 0.2) is 73.1 Å². The summed E-state index contributed by atoms with van der Waals surface area (Å²) in [6.45, 7) is 8.55. The lowest BCUT2D eigenvalue weighted by atomic mass is 9.91. The Labute approximate surface area is 201 Å². The van der Waals surface area contributed by atoms with Crippen molar-refractivity contribution in [3.05, 3.63) is 95.4 Å². The number of fused-ring (bicyclic) bond motifs is 1. The number of benzene rings is 2. The van der Waals surface area contributed by atoms with Gasteiger partial charge in [0.1, 0.15) is 5.69 Å². The molecule has 2 aromatic carbocycles. The molecule has 0 radical (unpaired) electrons. The molecule has 0 saturated heterocycles. The van der Waals surface area contributed by atoms with E-state index in [0.29, 0.717) is 0 Å². The zero-order valence-corrected chi connectivity index (χ0v) is 19.8. The fourth-order valence-corrected chi connectivity index (χ4v) is 4.20. The number of rotatable bonds is 6. The summed E-state index contributed by atoms with van der Waals surface area (Å²) in [4.78, 5) is 5.08. The van der Waals surface area contributed by atoms with Gasteiger partial charge in [0.25, 0.3) is 0 Å². The van der Waals surface area contributed by atoms with E-state index in [4.69, 9.17) is 4.98 Å². The molecule has 0 bridgehead atoms. The van der Waals surface area contributed by atoms with Crippen molar-refractivity contribution >= 4 is 0 Å². The summed E-state index contributed by atoms with van der Waals surface area (Å²) in [6.07, 6.45) is 3.73. The normalized spacial score (nSPS) is 14.6. The number of nitrogens with one attached hydrogen (secondary N) is 3. The summed E-state index contributed by atoms with van der Waals surface area (Å²) in [5.41, 5.74) is 8.68. The van der Waals surface area contributed by atoms with Gasteiger partial charge in [-0.3, -0.25) is 5.10 Å².